The Morgan fingerprint density at radius 1 is 1.67 bits per heavy atom. The van der Waals surface area contributed by atoms with Gasteiger partial charge in [0.25, 0.3) is 0 Å². The Balaban J connectivity index is 2.75. The molecule has 4 nitrogen and oxygen atoms in total. The maximum atomic E-state index is 12.8. The summed E-state index contributed by atoms with van der Waals surface area (Å²) in [5.41, 5.74) is 0.416. The number of benzene rings is 1. The number of hydrogen-bond donors (Lipinski definition) is 2. The van der Waals surface area contributed by atoms with Gasteiger partial charge in [0, 0.05) is 0 Å². The number of carbonyl (C=O) groups is 1. The molecule has 0 heterocycles. The lowest BCUT2D eigenvalue weighted by molar-refractivity contribution is -0.136. The van der Waals surface area contributed by atoms with Crippen molar-refractivity contribution in [1.29, 1.82) is 5.26 Å². The van der Waals surface area contributed by atoms with Gasteiger partial charge in [-0.05, 0) is 17.7 Å². The van der Waals surface area contributed by atoms with E-state index in [1.54, 1.807) is 6.07 Å². The number of nitrogens with zero attached hydrogens (tertiary/aromatic N) is 1. The molecule has 0 saturated heterocycles. The van der Waals surface area contributed by atoms with Gasteiger partial charge in [-0.3, -0.25) is 10.1 Å². The molecular weight excluding hydrogens is 199 g/mol. The van der Waals surface area contributed by atoms with Crippen molar-refractivity contribution in [3.63, 3.8) is 0 Å². The smallest absolute Gasteiger partial charge is 0.317 e. The lowest BCUT2D eigenvalue weighted by Gasteiger charge is -2.09. The number of halogens is 1. The largest absolute Gasteiger partial charge is 0.480 e. The molecule has 0 fully saturated rings. The highest BCUT2D eigenvalue weighted by Crippen LogP contribution is 2.12. The topological polar surface area (TPSA) is 73.1 Å². The fourth-order valence-corrected chi connectivity index (χ4v) is 1.11. The van der Waals surface area contributed by atoms with Gasteiger partial charge in [-0.1, -0.05) is 12.1 Å². The van der Waals surface area contributed by atoms with E-state index < -0.39 is 17.8 Å². The van der Waals surface area contributed by atoms with Crippen molar-refractivity contribution in [3.05, 3.63) is 35.6 Å². The Morgan fingerprint density at radius 2 is 2.40 bits per heavy atom. The third kappa shape index (κ3) is 3.37. The number of nitrogens with one attached hydrogen (secondary N) is 1. The van der Waals surface area contributed by atoms with Crippen LogP contribution in [-0.2, 0) is 4.79 Å². The molecule has 0 amide bonds. The van der Waals surface area contributed by atoms with Gasteiger partial charge in [0.05, 0.1) is 12.6 Å². The van der Waals surface area contributed by atoms with Crippen LogP contribution in [0.5, 0.6) is 0 Å². The second-order valence-corrected chi connectivity index (χ2v) is 2.89. The molecule has 15 heavy (non-hydrogen) atoms. The van der Waals surface area contributed by atoms with Gasteiger partial charge in [0.15, 0.2) is 0 Å². The highest BCUT2D eigenvalue weighted by Gasteiger charge is 2.11. The number of carboxylic acid groups (broad SMARTS) is 1. The first-order chi connectivity index (χ1) is 7.13. The maximum Gasteiger partial charge on any atom is 0.317 e. The fourth-order valence-electron chi connectivity index (χ4n) is 1.11. The van der Waals surface area contributed by atoms with E-state index in [0.29, 0.717) is 5.56 Å². The van der Waals surface area contributed by atoms with Crippen molar-refractivity contribution < 1.29 is 14.3 Å². The van der Waals surface area contributed by atoms with E-state index in [9.17, 15) is 9.18 Å². The first kappa shape index (κ1) is 11.1. The van der Waals surface area contributed by atoms with Crippen LogP contribution in [0.15, 0.2) is 24.3 Å². The van der Waals surface area contributed by atoms with Crippen LogP contribution >= 0.6 is 0 Å². The third-order valence-electron chi connectivity index (χ3n) is 1.77. The number of aliphatic carboxylic acids is 1. The van der Waals surface area contributed by atoms with Crippen molar-refractivity contribution in [3.8, 4) is 6.07 Å². The SMILES string of the molecule is N#CC(NCC(=O)O)c1cccc(F)c1. The second-order valence-electron chi connectivity index (χ2n) is 2.89. The van der Waals surface area contributed by atoms with Crippen molar-refractivity contribution in [1.82, 2.24) is 5.32 Å². The summed E-state index contributed by atoms with van der Waals surface area (Å²) in [6, 6.07) is 6.54. The molecule has 0 bridgehead atoms. The molecular formula is C10H9FN2O2. The molecule has 0 aromatic heterocycles. The van der Waals surface area contributed by atoms with Gasteiger partial charge in [-0.15, -0.1) is 0 Å². The Labute approximate surface area is 86.0 Å². The van der Waals surface area contributed by atoms with Crippen molar-refractivity contribution in [2.75, 3.05) is 6.54 Å². The van der Waals surface area contributed by atoms with Crippen LogP contribution in [0.4, 0.5) is 4.39 Å². The molecule has 2 N–H and O–H groups in total. The fraction of sp³-hybridized carbons (Fsp3) is 0.200. The summed E-state index contributed by atoms with van der Waals surface area (Å²) in [6.45, 7) is -0.339. The molecule has 0 radical (unpaired) electrons. The maximum absolute atomic E-state index is 12.8. The first-order valence-corrected chi connectivity index (χ1v) is 4.23. The zero-order valence-corrected chi connectivity index (χ0v) is 7.77. The Bertz CT molecular complexity index is 401. The summed E-state index contributed by atoms with van der Waals surface area (Å²) in [7, 11) is 0. The van der Waals surface area contributed by atoms with Crippen molar-refractivity contribution in [2.45, 2.75) is 6.04 Å². The molecule has 78 valence electrons. The second kappa shape index (κ2) is 5.08. The molecule has 1 aromatic carbocycles. The van der Waals surface area contributed by atoms with Crippen LogP contribution in [0.25, 0.3) is 0 Å². The van der Waals surface area contributed by atoms with Crippen LogP contribution in [0, 0.1) is 17.1 Å². The summed E-state index contributed by atoms with van der Waals surface area (Å²) in [6.07, 6.45) is 0. The predicted molar refractivity (Wildman–Crippen MR) is 50.4 cm³/mol. The molecule has 0 aliphatic carbocycles. The molecule has 0 spiro atoms. The normalized spacial score (nSPS) is 11.7. The minimum absolute atomic E-state index is 0.339. The standard InChI is InChI=1S/C10H9FN2O2/c11-8-3-1-2-7(4-8)9(5-12)13-6-10(14)15/h1-4,9,13H,6H2,(H,14,15). The monoisotopic (exact) mass is 208 g/mol. The Kier molecular flexibility index (Phi) is 3.77. The summed E-state index contributed by atoms with van der Waals surface area (Å²) >= 11 is 0. The number of carboxylic acids is 1. The highest BCUT2D eigenvalue weighted by atomic mass is 19.1. The molecule has 0 aliphatic heterocycles. The minimum Gasteiger partial charge on any atom is -0.480 e. The molecule has 0 aliphatic rings. The molecule has 1 rings (SSSR count). The van der Waals surface area contributed by atoms with Crippen LogP contribution in [0.2, 0.25) is 0 Å². The molecule has 1 atom stereocenters. The van der Waals surface area contributed by atoms with E-state index in [0.717, 1.165) is 0 Å². The van der Waals surface area contributed by atoms with E-state index in [1.807, 2.05) is 6.07 Å². The van der Waals surface area contributed by atoms with Gasteiger partial charge in [-0.2, -0.15) is 5.26 Å². The van der Waals surface area contributed by atoms with Gasteiger partial charge >= 0.3 is 5.97 Å². The van der Waals surface area contributed by atoms with Crippen LogP contribution in [0.1, 0.15) is 11.6 Å². The van der Waals surface area contributed by atoms with E-state index in [1.165, 1.54) is 18.2 Å². The summed E-state index contributed by atoms with van der Waals surface area (Å²) in [5.74, 6) is -1.52. The third-order valence-corrected chi connectivity index (χ3v) is 1.77. The molecule has 5 heteroatoms. The quantitative estimate of drug-likeness (QED) is 0.776. The van der Waals surface area contributed by atoms with Crippen LogP contribution in [-0.4, -0.2) is 17.6 Å². The van der Waals surface area contributed by atoms with Crippen LogP contribution in [0.3, 0.4) is 0 Å². The summed E-state index contributed by atoms with van der Waals surface area (Å²) in [5, 5.41) is 19.7. The van der Waals surface area contributed by atoms with Crippen molar-refractivity contribution in [2.24, 2.45) is 0 Å². The average molecular weight is 208 g/mol. The van der Waals surface area contributed by atoms with E-state index in [4.69, 9.17) is 10.4 Å². The number of rotatable bonds is 4. The van der Waals surface area contributed by atoms with E-state index >= 15 is 0 Å². The Morgan fingerprint density at radius 3 is 2.93 bits per heavy atom. The molecule has 1 unspecified atom stereocenters. The zero-order chi connectivity index (χ0) is 11.3. The van der Waals surface area contributed by atoms with E-state index in [2.05, 4.69) is 5.32 Å². The van der Waals surface area contributed by atoms with Gasteiger partial charge in [-0.25, -0.2) is 4.39 Å². The van der Waals surface area contributed by atoms with Gasteiger partial charge in [0.2, 0.25) is 0 Å². The predicted octanol–water partition coefficient (Wildman–Crippen LogP) is 1.06. The molecule has 1 aromatic rings. The number of nitriles is 1. The van der Waals surface area contributed by atoms with E-state index in [-0.39, 0.29) is 6.54 Å². The number of hydrogen-bond acceptors (Lipinski definition) is 3. The zero-order valence-electron chi connectivity index (χ0n) is 7.77. The van der Waals surface area contributed by atoms with Gasteiger partial charge < -0.3 is 5.11 Å². The van der Waals surface area contributed by atoms with Crippen LogP contribution < -0.4 is 5.32 Å². The lowest BCUT2D eigenvalue weighted by Crippen LogP contribution is -2.26. The summed E-state index contributed by atoms with van der Waals surface area (Å²) in [4.78, 5) is 10.3. The average Bonchev–Trinajstić information content (AvgIpc) is 2.18. The molecule has 0 saturated carbocycles. The first-order valence-electron chi connectivity index (χ1n) is 4.23. The minimum atomic E-state index is -1.06. The highest BCUT2D eigenvalue weighted by molar-refractivity contribution is 5.69. The summed E-state index contributed by atoms with van der Waals surface area (Å²) < 4.78 is 12.8. The Hall–Kier alpha value is -1.93. The van der Waals surface area contributed by atoms with Gasteiger partial charge in [0.1, 0.15) is 11.9 Å². The lowest BCUT2D eigenvalue weighted by atomic mass is 10.1. The van der Waals surface area contributed by atoms with Crippen molar-refractivity contribution >= 4 is 5.97 Å².